The summed E-state index contributed by atoms with van der Waals surface area (Å²) in [6.07, 6.45) is 2.33. The Morgan fingerprint density at radius 1 is 1.21 bits per heavy atom. The van der Waals surface area contributed by atoms with Crippen LogP contribution >= 0.6 is 0 Å². The number of carbonyl (C=O) groups is 1. The van der Waals surface area contributed by atoms with Crippen molar-refractivity contribution < 1.29 is 14.3 Å². The molecule has 0 saturated carbocycles. The SMILES string of the molecule is COc1ccc(-c2ccn(CCCNC(=O)OC(C)(C)C)n2)cc1. The van der Waals surface area contributed by atoms with E-state index in [2.05, 4.69) is 10.4 Å². The zero-order chi connectivity index (χ0) is 17.6. The lowest BCUT2D eigenvalue weighted by Crippen LogP contribution is -2.33. The predicted molar refractivity (Wildman–Crippen MR) is 93.1 cm³/mol. The molecular weight excluding hydrogens is 306 g/mol. The number of nitrogens with zero attached hydrogens (tertiary/aromatic N) is 2. The van der Waals surface area contributed by atoms with E-state index >= 15 is 0 Å². The van der Waals surface area contributed by atoms with Crippen molar-refractivity contribution in [3.63, 3.8) is 0 Å². The smallest absolute Gasteiger partial charge is 0.407 e. The van der Waals surface area contributed by atoms with Crippen LogP contribution in [-0.4, -0.2) is 35.1 Å². The average Bonchev–Trinajstić information content (AvgIpc) is 2.99. The molecule has 24 heavy (non-hydrogen) atoms. The lowest BCUT2D eigenvalue weighted by Gasteiger charge is -2.19. The number of ether oxygens (including phenoxy) is 2. The summed E-state index contributed by atoms with van der Waals surface area (Å²) in [7, 11) is 1.65. The van der Waals surface area contributed by atoms with Crippen molar-refractivity contribution in [2.75, 3.05) is 13.7 Å². The average molecular weight is 331 g/mol. The van der Waals surface area contributed by atoms with Crippen molar-refractivity contribution in [3.05, 3.63) is 36.5 Å². The van der Waals surface area contributed by atoms with Gasteiger partial charge in [-0.2, -0.15) is 5.10 Å². The second kappa shape index (κ2) is 7.86. The van der Waals surface area contributed by atoms with Gasteiger partial charge in [-0.1, -0.05) is 0 Å². The fourth-order valence-corrected chi connectivity index (χ4v) is 2.15. The molecule has 0 aliphatic carbocycles. The molecular formula is C18H25N3O3. The van der Waals surface area contributed by atoms with E-state index in [1.807, 2.05) is 62.0 Å². The maximum Gasteiger partial charge on any atom is 0.407 e. The Labute approximate surface area is 142 Å². The van der Waals surface area contributed by atoms with E-state index in [1.54, 1.807) is 7.11 Å². The summed E-state index contributed by atoms with van der Waals surface area (Å²) < 4.78 is 12.2. The Morgan fingerprint density at radius 3 is 2.54 bits per heavy atom. The number of aryl methyl sites for hydroxylation is 1. The lowest BCUT2D eigenvalue weighted by molar-refractivity contribution is 0.0526. The van der Waals surface area contributed by atoms with E-state index in [4.69, 9.17) is 9.47 Å². The van der Waals surface area contributed by atoms with Crippen molar-refractivity contribution in [1.29, 1.82) is 0 Å². The fraction of sp³-hybridized carbons (Fsp3) is 0.444. The van der Waals surface area contributed by atoms with Gasteiger partial charge in [0.2, 0.25) is 0 Å². The zero-order valence-corrected chi connectivity index (χ0v) is 14.7. The third-order valence-corrected chi connectivity index (χ3v) is 3.26. The number of benzene rings is 1. The van der Waals surface area contributed by atoms with Gasteiger partial charge in [0, 0.05) is 24.8 Å². The molecule has 0 saturated heterocycles. The third kappa shape index (κ3) is 5.61. The van der Waals surface area contributed by atoms with Gasteiger partial charge in [-0.3, -0.25) is 4.68 Å². The number of hydrogen-bond acceptors (Lipinski definition) is 4. The molecule has 1 aromatic heterocycles. The van der Waals surface area contributed by atoms with Crippen LogP contribution in [-0.2, 0) is 11.3 Å². The Kier molecular flexibility index (Phi) is 5.84. The maximum absolute atomic E-state index is 11.5. The zero-order valence-electron chi connectivity index (χ0n) is 14.7. The summed E-state index contributed by atoms with van der Waals surface area (Å²) >= 11 is 0. The Hall–Kier alpha value is -2.50. The number of carbonyl (C=O) groups excluding carboxylic acids is 1. The van der Waals surface area contributed by atoms with E-state index in [9.17, 15) is 4.79 Å². The van der Waals surface area contributed by atoms with Gasteiger partial charge in [-0.05, 0) is 57.5 Å². The summed E-state index contributed by atoms with van der Waals surface area (Å²) in [4.78, 5) is 11.5. The van der Waals surface area contributed by atoms with Crippen LogP contribution in [0.15, 0.2) is 36.5 Å². The highest BCUT2D eigenvalue weighted by Gasteiger charge is 2.15. The van der Waals surface area contributed by atoms with Crippen molar-refractivity contribution in [2.24, 2.45) is 0 Å². The monoisotopic (exact) mass is 331 g/mol. The van der Waals surface area contributed by atoms with Crippen LogP contribution in [0.4, 0.5) is 4.79 Å². The quantitative estimate of drug-likeness (QED) is 0.823. The minimum atomic E-state index is -0.473. The number of rotatable bonds is 6. The van der Waals surface area contributed by atoms with Crippen LogP contribution in [0.5, 0.6) is 5.75 Å². The first kappa shape index (κ1) is 17.8. The highest BCUT2D eigenvalue weighted by atomic mass is 16.6. The number of alkyl carbamates (subject to hydrolysis) is 1. The highest BCUT2D eigenvalue weighted by Crippen LogP contribution is 2.20. The molecule has 0 aliphatic heterocycles. The first-order valence-corrected chi connectivity index (χ1v) is 8.02. The molecule has 0 aliphatic rings. The van der Waals surface area contributed by atoms with Gasteiger partial charge in [0.1, 0.15) is 11.4 Å². The van der Waals surface area contributed by atoms with Gasteiger partial charge < -0.3 is 14.8 Å². The fourth-order valence-electron chi connectivity index (χ4n) is 2.15. The topological polar surface area (TPSA) is 65.4 Å². The van der Waals surface area contributed by atoms with Crippen molar-refractivity contribution in [3.8, 4) is 17.0 Å². The Balaban J connectivity index is 1.78. The van der Waals surface area contributed by atoms with E-state index in [1.165, 1.54) is 0 Å². The molecule has 1 heterocycles. The van der Waals surface area contributed by atoms with Crippen molar-refractivity contribution >= 4 is 6.09 Å². The van der Waals surface area contributed by atoms with Gasteiger partial charge >= 0.3 is 6.09 Å². The van der Waals surface area contributed by atoms with E-state index in [0.717, 1.165) is 30.0 Å². The summed E-state index contributed by atoms with van der Waals surface area (Å²) in [5.74, 6) is 0.825. The van der Waals surface area contributed by atoms with E-state index < -0.39 is 5.60 Å². The number of hydrogen-bond donors (Lipinski definition) is 1. The molecule has 6 nitrogen and oxygen atoms in total. The predicted octanol–water partition coefficient (Wildman–Crippen LogP) is 3.47. The van der Waals surface area contributed by atoms with Crippen LogP contribution in [0.1, 0.15) is 27.2 Å². The Bertz CT molecular complexity index is 657. The summed E-state index contributed by atoms with van der Waals surface area (Å²) in [5.41, 5.74) is 1.48. The molecule has 0 spiro atoms. The molecule has 0 bridgehead atoms. The molecule has 1 amide bonds. The Morgan fingerprint density at radius 2 is 1.92 bits per heavy atom. The number of aromatic nitrogens is 2. The third-order valence-electron chi connectivity index (χ3n) is 3.26. The van der Waals surface area contributed by atoms with Gasteiger partial charge in [0.25, 0.3) is 0 Å². The van der Waals surface area contributed by atoms with Gasteiger partial charge in [-0.15, -0.1) is 0 Å². The van der Waals surface area contributed by atoms with Gasteiger partial charge in [0.05, 0.1) is 12.8 Å². The molecule has 2 rings (SSSR count). The second-order valence-electron chi connectivity index (χ2n) is 6.47. The number of methoxy groups -OCH3 is 1. The normalized spacial score (nSPS) is 11.2. The molecule has 1 aromatic carbocycles. The number of nitrogens with one attached hydrogen (secondary N) is 1. The first-order valence-electron chi connectivity index (χ1n) is 8.02. The van der Waals surface area contributed by atoms with Crippen LogP contribution in [0.3, 0.4) is 0 Å². The van der Waals surface area contributed by atoms with Crippen LogP contribution in [0.25, 0.3) is 11.3 Å². The molecule has 0 unspecified atom stereocenters. The van der Waals surface area contributed by atoms with Crippen LogP contribution in [0.2, 0.25) is 0 Å². The van der Waals surface area contributed by atoms with E-state index in [-0.39, 0.29) is 6.09 Å². The van der Waals surface area contributed by atoms with Gasteiger partial charge in [-0.25, -0.2) is 4.79 Å². The molecule has 1 N–H and O–H groups in total. The first-order chi connectivity index (χ1) is 11.4. The highest BCUT2D eigenvalue weighted by molar-refractivity contribution is 5.67. The number of amides is 1. The molecule has 0 fully saturated rings. The lowest BCUT2D eigenvalue weighted by atomic mass is 10.1. The molecule has 2 aromatic rings. The standard InChI is InChI=1S/C18H25N3O3/c1-18(2,3)24-17(22)19-11-5-12-21-13-10-16(20-21)14-6-8-15(23-4)9-7-14/h6-10,13H,5,11-12H2,1-4H3,(H,19,22). The van der Waals surface area contributed by atoms with Crippen LogP contribution in [0, 0.1) is 0 Å². The largest absolute Gasteiger partial charge is 0.497 e. The van der Waals surface area contributed by atoms with Gasteiger partial charge in [0.15, 0.2) is 0 Å². The van der Waals surface area contributed by atoms with E-state index in [0.29, 0.717) is 6.54 Å². The second-order valence-corrected chi connectivity index (χ2v) is 6.47. The summed E-state index contributed by atoms with van der Waals surface area (Å²) in [5, 5.41) is 7.29. The molecule has 6 heteroatoms. The minimum absolute atomic E-state index is 0.387. The molecule has 130 valence electrons. The van der Waals surface area contributed by atoms with Crippen molar-refractivity contribution in [2.45, 2.75) is 39.3 Å². The minimum Gasteiger partial charge on any atom is -0.497 e. The molecule has 0 atom stereocenters. The molecule has 0 radical (unpaired) electrons. The summed E-state index contributed by atoms with van der Waals surface area (Å²) in [6.45, 7) is 6.81. The van der Waals surface area contributed by atoms with Crippen LogP contribution < -0.4 is 10.1 Å². The summed E-state index contributed by atoms with van der Waals surface area (Å²) in [6, 6.07) is 9.77. The maximum atomic E-state index is 11.5. The van der Waals surface area contributed by atoms with Crippen molar-refractivity contribution in [1.82, 2.24) is 15.1 Å².